The molecule has 118 valence electrons. The van der Waals surface area contributed by atoms with Gasteiger partial charge in [-0.05, 0) is 30.9 Å². The molecular formula is C15H12F5NO. The van der Waals surface area contributed by atoms with Gasteiger partial charge in [0.05, 0.1) is 0 Å². The van der Waals surface area contributed by atoms with Gasteiger partial charge in [0.1, 0.15) is 5.41 Å². The van der Waals surface area contributed by atoms with Crippen LogP contribution in [0.3, 0.4) is 0 Å². The minimum atomic E-state index is -4.92. The molecule has 0 spiro atoms. The maximum atomic E-state index is 14.1. The zero-order valence-electron chi connectivity index (χ0n) is 11.3. The van der Waals surface area contributed by atoms with Crippen molar-refractivity contribution in [2.75, 3.05) is 5.32 Å². The van der Waals surface area contributed by atoms with Gasteiger partial charge in [-0.25, -0.2) is 8.78 Å². The Morgan fingerprint density at radius 3 is 2.50 bits per heavy atom. The number of allylic oxidation sites excluding steroid dienone is 2. The molecular weight excluding hydrogens is 305 g/mol. The third-order valence-electron chi connectivity index (χ3n) is 4.04. The molecule has 22 heavy (non-hydrogen) atoms. The summed E-state index contributed by atoms with van der Waals surface area (Å²) in [5, 5.41) is 2.18. The summed E-state index contributed by atoms with van der Waals surface area (Å²) < 4.78 is 68.7. The Kier molecular flexibility index (Phi) is 3.27. The molecule has 1 aliphatic heterocycles. The Hall–Kier alpha value is -1.92. The van der Waals surface area contributed by atoms with Crippen molar-refractivity contribution in [3.8, 4) is 0 Å². The van der Waals surface area contributed by atoms with Gasteiger partial charge >= 0.3 is 6.18 Å². The molecule has 1 N–H and O–H groups in total. The Morgan fingerprint density at radius 1 is 1.23 bits per heavy atom. The molecule has 0 radical (unpaired) electrons. The first-order valence-electron chi connectivity index (χ1n) is 6.79. The smallest absolute Gasteiger partial charge is 0.326 e. The number of rotatable bonds is 2. The van der Waals surface area contributed by atoms with Crippen molar-refractivity contribution >= 4 is 11.6 Å². The quantitative estimate of drug-likeness (QED) is 0.646. The van der Waals surface area contributed by atoms with E-state index in [1.165, 1.54) is 6.08 Å². The van der Waals surface area contributed by atoms with Gasteiger partial charge in [0.15, 0.2) is 11.6 Å². The van der Waals surface area contributed by atoms with Crippen LogP contribution in [0.1, 0.15) is 24.8 Å². The van der Waals surface area contributed by atoms with Crippen molar-refractivity contribution in [1.82, 2.24) is 0 Å². The Labute approximate surface area is 123 Å². The Balaban J connectivity index is 2.25. The topological polar surface area (TPSA) is 29.1 Å². The second-order valence-electron chi connectivity index (χ2n) is 5.67. The Morgan fingerprint density at radius 2 is 1.91 bits per heavy atom. The summed E-state index contributed by atoms with van der Waals surface area (Å²) >= 11 is 0. The second-order valence-corrected chi connectivity index (χ2v) is 5.67. The standard InChI is InChI=1S/C15H12F5NO/c16-9-3-4-10-12(13(9)17)14(15(18,19)20,7-11(22)21-10)6-5-8-1-2-8/h3-6,8H,1-2,7H2,(H,21,22). The van der Waals surface area contributed by atoms with Gasteiger partial charge in [0.2, 0.25) is 5.91 Å². The third kappa shape index (κ3) is 2.28. The number of carbonyl (C=O) groups excluding carboxylic acids is 1. The van der Waals surface area contributed by atoms with Crippen LogP contribution in [-0.4, -0.2) is 12.1 Å². The fraction of sp³-hybridized carbons (Fsp3) is 0.400. The minimum absolute atomic E-state index is 0.00397. The lowest BCUT2D eigenvalue weighted by Crippen LogP contribution is -2.48. The van der Waals surface area contributed by atoms with Gasteiger partial charge in [0, 0.05) is 17.7 Å². The van der Waals surface area contributed by atoms with Crippen LogP contribution in [0.5, 0.6) is 0 Å². The predicted octanol–water partition coefficient (Wildman–Crippen LogP) is 4.07. The number of carbonyl (C=O) groups is 1. The first-order chi connectivity index (χ1) is 10.2. The van der Waals surface area contributed by atoms with Crippen LogP contribution in [0.15, 0.2) is 24.3 Å². The SMILES string of the molecule is O=C1CC(C=CC2CC2)(C(F)(F)F)c2c(ccc(F)c2F)N1. The molecule has 1 heterocycles. The number of alkyl halides is 3. The monoisotopic (exact) mass is 317 g/mol. The highest BCUT2D eigenvalue weighted by atomic mass is 19.4. The number of nitrogens with one attached hydrogen (secondary N) is 1. The second kappa shape index (κ2) is 4.79. The van der Waals surface area contributed by atoms with E-state index in [0.29, 0.717) is 6.07 Å². The summed E-state index contributed by atoms with van der Waals surface area (Å²) in [5.41, 5.74) is -4.02. The molecule has 7 heteroatoms. The van der Waals surface area contributed by atoms with Crippen LogP contribution in [0.2, 0.25) is 0 Å². The first-order valence-corrected chi connectivity index (χ1v) is 6.79. The van der Waals surface area contributed by atoms with E-state index in [1.807, 2.05) is 0 Å². The molecule has 2 aliphatic rings. The van der Waals surface area contributed by atoms with Crippen LogP contribution >= 0.6 is 0 Å². The summed E-state index contributed by atoms with van der Waals surface area (Å²) in [4.78, 5) is 11.7. The van der Waals surface area contributed by atoms with Gasteiger partial charge in [-0.3, -0.25) is 4.79 Å². The van der Waals surface area contributed by atoms with Crippen LogP contribution in [0.25, 0.3) is 0 Å². The van der Waals surface area contributed by atoms with E-state index < -0.39 is 41.1 Å². The number of fused-ring (bicyclic) bond motifs is 1. The van der Waals surface area contributed by atoms with E-state index in [4.69, 9.17) is 0 Å². The van der Waals surface area contributed by atoms with Crippen molar-refractivity contribution in [3.05, 3.63) is 41.5 Å². The summed E-state index contributed by atoms with van der Waals surface area (Å²) in [5.74, 6) is -3.82. The molecule has 1 atom stereocenters. The molecule has 0 saturated heterocycles. The van der Waals surface area contributed by atoms with E-state index in [9.17, 15) is 26.7 Å². The number of anilines is 1. The van der Waals surface area contributed by atoms with Gasteiger partial charge in [0.25, 0.3) is 0 Å². The van der Waals surface area contributed by atoms with E-state index in [0.717, 1.165) is 25.0 Å². The van der Waals surface area contributed by atoms with Crippen molar-refractivity contribution in [3.63, 3.8) is 0 Å². The van der Waals surface area contributed by atoms with Gasteiger partial charge in [-0.15, -0.1) is 0 Å². The molecule has 0 aromatic heterocycles. The minimum Gasteiger partial charge on any atom is -0.326 e. The van der Waals surface area contributed by atoms with Crippen LogP contribution in [0.4, 0.5) is 27.6 Å². The fourth-order valence-corrected chi connectivity index (χ4v) is 2.69. The summed E-state index contributed by atoms with van der Waals surface area (Å²) in [6, 6.07) is 1.65. The van der Waals surface area contributed by atoms with Crippen molar-refractivity contribution < 1.29 is 26.7 Å². The molecule has 1 unspecified atom stereocenters. The lowest BCUT2D eigenvalue weighted by molar-refractivity contribution is -0.181. The van der Waals surface area contributed by atoms with Crippen molar-refractivity contribution in [2.45, 2.75) is 30.9 Å². The summed E-state index contributed by atoms with van der Waals surface area (Å²) in [6.45, 7) is 0. The predicted molar refractivity (Wildman–Crippen MR) is 69.2 cm³/mol. The highest BCUT2D eigenvalue weighted by Crippen LogP contribution is 2.51. The molecule has 1 amide bonds. The number of benzene rings is 1. The van der Waals surface area contributed by atoms with Crippen LogP contribution in [0, 0.1) is 17.6 Å². The van der Waals surface area contributed by atoms with Crippen molar-refractivity contribution in [1.29, 1.82) is 0 Å². The highest BCUT2D eigenvalue weighted by Gasteiger charge is 2.59. The van der Waals surface area contributed by atoms with E-state index in [1.54, 1.807) is 0 Å². The highest BCUT2D eigenvalue weighted by molar-refractivity contribution is 5.96. The zero-order valence-corrected chi connectivity index (χ0v) is 11.3. The van der Waals surface area contributed by atoms with Gasteiger partial charge < -0.3 is 5.32 Å². The van der Waals surface area contributed by atoms with Gasteiger partial charge in [-0.1, -0.05) is 12.2 Å². The maximum absolute atomic E-state index is 14.1. The Bertz CT molecular complexity index is 663. The average molecular weight is 317 g/mol. The van der Waals surface area contributed by atoms with E-state index >= 15 is 0 Å². The number of amides is 1. The number of hydrogen-bond acceptors (Lipinski definition) is 1. The lowest BCUT2D eigenvalue weighted by Gasteiger charge is -2.38. The largest absolute Gasteiger partial charge is 0.402 e. The molecule has 2 nitrogen and oxygen atoms in total. The fourth-order valence-electron chi connectivity index (χ4n) is 2.69. The molecule has 1 fully saturated rings. The normalized spacial score (nSPS) is 25.2. The number of hydrogen-bond donors (Lipinski definition) is 1. The zero-order chi connectivity index (χ0) is 16.1. The molecule has 1 aliphatic carbocycles. The van der Waals surface area contributed by atoms with Crippen molar-refractivity contribution in [2.24, 2.45) is 5.92 Å². The third-order valence-corrected chi connectivity index (χ3v) is 4.04. The molecule has 1 aromatic rings. The number of halogens is 5. The van der Waals surface area contributed by atoms with Gasteiger partial charge in [-0.2, -0.15) is 13.2 Å². The molecule has 3 rings (SSSR count). The first kappa shape index (κ1) is 15.0. The molecule has 1 saturated carbocycles. The summed E-state index contributed by atoms with van der Waals surface area (Å²) in [7, 11) is 0. The van der Waals surface area contributed by atoms with Crippen LogP contribution in [-0.2, 0) is 10.2 Å². The van der Waals surface area contributed by atoms with Crippen LogP contribution < -0.4 is 5.32 Å². The van der Waals surface area contributed by atoms with E-state index in [-0.39, 0.29) is 11.6 Å². The van der Waals surface area contributed by atoms with E-state index in [2.05, 4.69) is 5.32 Å². The lowest BCUT2D eigenvalue weighted by atomic mass is 9.73. The summed E-state index contributed by atoms with van der Waals surface area (Å²) in [6.07, 6.45) is -2.22. The molecule has 1 aromatic carbocycles. The molecule has 0 bridgehead atoms. The maximum Gasteiger partial charge on any atom is 0.402 e. The average Bonchev–Trinajstić information content (AvgIpc) is 3.23.